The quantitative estimate of drug-likeness (QED) is 0.717. The van der Waals surface area contributed by atoms with Gasteiger partial charge in [0.25, 0.3) is 0 Å². The molecule has 1 saturated heterocycles. The lowest BCUT2D eigenvalue weighted by Crippen LogP contribution is -2.48. The van der Waals surface area contributed by atoms with E-state index in [1.165, 1.54) is 16.5 Å². The highest BCUT2D eigenvalue weighted by atomic mass is 15.1. The number of nitrogens with two attached hydrogens (primary N) is 1. The largest absolute Gasteiger partial charge is 0.326 e. The Kier molecular flexibility index (Phi) is 2.84. The molecule has 0 bridgehead atoms. The van der Waals surface area contributed by atoms with Crippen LogP contribution in [-0.2, 0) is 0 Å². The lowest BCUT2D eigenvalue weighted by Gasteiger charge is -2.36. The van der Waals surface area contributed by atoms with Crippen molar-refractivity contribution >= 4 is 10.9 Å². The molecule has 2 aromatic rings. The molecule has 3 atom stereocenters. The van der Waals surface area contributed by atoms with Crippen molar-refractivity contribution in [1.29, 1.82) is 0 Å². The van der Waals surface area contributed by atoms with E-state index in [9.17, 15) is 0 Å². The second kappa shape index (κ2) is 4.37. The minimum Gasteiger partial charge on any atom is -0.326 e. The van der Waals surface area contributed by atoms with Crippen molar-refractivity contribution in [3.8, 4) is 0 Å². The van der Waals surface area contributed by atoms with Crippen molar-refractivity contribution in [2.75, 3.05) is 6.54 Å². The molecule has 1 aliphatic rings. The summed E-state index contributed by atoms with van der Waals surface area (Å²) in [5.74, 6) is 0.554. The molecule has 2 heterocycles. The Morgan fingerprint density at radius 1 is 1.39 bits per heavy atom. The second-order valence-corrected chi connectivity index (χ2v) is 5.40. The molecule has 3 unspecified atom stereocenters. The Morgan fingerprint density at radius 2 is 2.22 bits per heavy atom. The van der Waals surface area contributed by atoms with Gasteiger partial charge in [-0.2, -0.15) is 5.10 Å². The van der Waals surface area contributed by atoms with Crippen LogP contribution in [0.5, 0.6) is 0 Å². The normalized spacial score (nSPS) is 28.7. The van der Waals surface area contributed by atoms with Crippen LogP contribution in [0.4, 0.5) is 0 Å². The molecule has 0 saturated carbocycles. The van der Waals surface area contributed by atoms with Gasteiger partial charge in [0.2, 0.25) is 0 Å². The molecule has 1 fully saturated rings. The van der Waals surface area contributed by atoms with Crippen LogP contribution in [0.1, 0.15) is 30.5 Å². The molecule has 3 rings (SSSR count). The fourth-order valence-corrected chi connectivity index (χ4v) is 2.98. The number of piperidine rings is 1. The van der Waals surface area contributed by atoms with E-state index in [0.29, 0.717) is 5.92 Å². The summed E-state index contributed by atoms with van der Waals surface area (Å²) in [5.41, 5.74) is 10.1. The van der Waals surface area contributed by atoms with Gasteiger partial charge in [-0.15, -0.1) is 0 Å². The number of hydrogen-bond donors (Lipinski definition) is 3. The first-order valence-electron chi connectivity index (χ1n) is 6.60. The fraction of sp³-hybridized carbons (Fsp3) is 0.500. The van der Waals surface area contributed by atoms with Crippen LogP contribution in [0.2, 0.25) is 0 Å². The Morgan fingerprint density at radius 3 is 3.06 bits per heavy atom. The highest BCUT2D eigenvalue weighted by molar-refractivity contribution is 5.83. The van der Waals surface area contributed by atoms with Gasteiger partial charge in [-0.1, -0.05) is 13.0 Å². The Bertz CT molecular complexity index is 560. The van der Waals surface area contributed by atoms with Crippen molar-refractivity contribution in [3.05, 3.63) is 29.5 Å². The van der Waals surface area contributed by atoms with Crippen LogP contribution < -0.4 is 11.1 Å². The van der Waals surface area contributed by atoms with Gasteiger partial charge in [-0.25, -0.2) is 0 Å². The minimum absolute atomic E-state index is 0.165. The summed E-state index contributed by atoms with van der Waals surface area (Å²) in [6.07, 6.45) is 3.06. The van der Waals surface area contributed by atoms with Gasteiger partial charge in [0.05, 0.1) is 11.7 Å². The predicted octanol–water partition coefficient (Wildman–Crippen LogP) is 1.87. The molecule has 1 aromatic heterocycles. The first kappa shape index (κ1) is 11.7. The summed E-state index contributed by atoms with van der Waals surface area (Å²) in [6.45, 7) is 5.42. The molecule has 0 radical (unpaired) electrons. The number of aromatic amines is 1. The van der Waals surface area contributed by atoms with Gasteiger partial charge >= 0.3 is 0 Å². The van der Waals surface area contributed by atoms with E-state index in [0.717, 1.165) is 18.5 Å². The van der Waals surface area contributed by atoms with Crippen molar-refractivity contribution in [2.45, 2.75) is 32.4 Å². The van der Waals surface area contributed by atoms with Crippen LogP contribution >= 0.6 is 0 Å². The summed E-state index contributed by atoms with van der Waals surface area (Å²) in [5, 5.41) is 11.9. The lowest BCUT2D eigenvalue weighted by atomic mass is 9.83. The number of rotatable bonds is 1. The topological polar surface area (TPSA) is 66.7 Å². The van der Waals surface area contributed by atoms with Gasteiger partial charge in [-0.05, 0) is 43.0 Å². The van der Waals surface area contributed by atoms with Crippen LogP contribution in [0.3, 0.4) is 0 Å². The molecule has 4 nitrogen and oxygen atoms in total. The molecule has 0 spiro atoms. The van der Waals surface area contributed by atoms with E-state index < -0.39 is 0 Å². The van der Waals surface area contributed by atoms with Crippen molar-refractivity contribution in [3.63, 3.8) is 0 Å². The smallest absolute Gasteiger partial charge is 0.0653 e. The Balaban J connectivity index is 2.12. The number of H-pyrrole nitrogens is 1. The van der Waals surface area contributed by atoms with Crippen molar-refractivity contribution < 1.29 is 0 Å². The molecule has 96 valence electrons. The molecule has 4 N–H and O–H groups in total. The third-order valence-electron chi connectivity index (χ3n) is 4.20. The number of benzene rings is 1. The fourth-order valence-electron chi connectivity index (χ4n) is 2.98. The van der Waals surface area contributed by atoms with Gasteiger partial charge in [0.15, 0.2) is 0 Å². The number of nitrogens with one attached hydrogen (secondary N) is 2. The molecule has 18 heavy (non-hydrogen) atoms. The summed E-state index contributed by atoms with van der Waals surface area (Å²) < 4.78 is 0. The van der Waals surface area contributed by atoms with Crippen LogP contribution in [0, 0.1) is 12.8 Å². The molecule has 1 aliphatic heterocycles. The Labute approximate surface area is 107 Å². The zero-order valence-corrected chi connectivity index (χ0v) is 10.9. The maximum absolute atomic E-state index is 6.39. The average Bonchev–Trinajstić information content (AvgIpc) is 2.82. The molecule has 0 aliphatic carbocycles. The number of nitrogens with zero attached hydrogens (tertiary/aromatic N) is 1. The van der Waals surface area contributed by atoms with E-state index >= 15 is 0 Å². The third kappa shape index (κ3) is 1.72. The summed E-state index contributed by atoms with van der Waals surface area (Å²) in [6, 6.07) is 4.62. The van der Waals surface area contributed by atoms with Crippen molar-refractivity contribution in [1.82, 2.24) is 15.5 Å². The van der Waals surface area contributed by atoms with Crippen LogP contribution in [-0.4, -0.2) is 22.8 Å². The average molecular weight is 244 g/mol. The number of fused-ring (bicyclic) bond motifs is 1. The highest BCUT2D eigenvalue weighted by Gasteiger charge is 2.30. The summed E-state index contributed by atoms with van der Waals surface area (Å²) >= 11 is 0. The first-order valence-corrected chi connectivity index (χ1v) is 6.60. The second-order valence-electron chi connectivity index (χ2n) is 5.40. The monoisotopic (exact) mass is 244 g/mol. The molecule has 1 aromatic carbocycles. The maximum atomic E-state index is 6.39. The van der Waals surface area contributed by atoms with Gasteiger partial charge in [0.1, 0.15) is 0 Å². The van der Waals surface area contributed by atoms with E-state index in [-0.39, 0.29) is 12.1 Å². The third-order valence-corrected chi connectivity index (χ3v) is 4.20. The summed E-state index contributed by atoms with van der Waals surface area (Å²) in [4.78, 5) is 0. The molecule has 0 amide bonds. The van der Waals surface area contributed by atoms with Gasteiger partial charge < -0.3 is 11.1 Å². The van der Waals surface area contributed by atoms with Gasteiger partial charge in [0, 0.05) is 17.5 Å². The molecule has 4 heteroatoms. The Hall–Kier alpha value is -1.39. The number of aromatic nitrogens is 2. The predicted molar refractivity (Wildman–Crippen MR) is 73.3 cm³/mol. The SMILES string of the molecule is Cc1ccc2[nH]ncc2c1C1NCCC(C)C1N. The van der Waals surface area contributed by atoms with E-state index in [2.05, 4.69) is 41.5 Å². The minimum atomic E-state index is 0.165. The van der Waals surface area contributed by atoms with E-state index in [1.54, 1.807) is 0 Å². The maximum Gasteiger partial charge on any atom is 0.0653 e. The standard InChI is InChI=1S/C14H20N4/c1-8-3-4-11-10(7-17-18-11)12(8)14-13(15)9(2)5-6-16-14/h3-4,7,9,13-14,16H,5-6,15H2,1-2H3,(H,17,18). The zero-order chi connectivity index (χ0) is 12.7. The van der Waals surface area contributed by atoms with Crippen LogP contribution in [0.25, 0.3) is 10.9 Å². The molecular formula is C14H20N4. The highest BCUT2D eigenvalue weighted by Crippen LogP contribution is 2.32. The first-order chi connectivity index (χ1) is 8.68. The van der Waals surface area contributed by atoms with E-state index in [1.807, 2.05) is 6.20 Å². The zero-order valence-electron chi connectivity index (χ0n) is 10.9. The lowest BCUT2D eigenvalue weighted by molar-refractivity contribution is 0.275. The number of aryl methyl sites for hydroxylation is 1. The molecular weight excluding hydrogens is 224 g/mol. The van der Waals surface area contributed by atoms with E-state index in [4.69, 9.17) is 5.73 Å². The summed E-state index contributed by atoms with van der Waals surface area (Å²) in [7, 11) is 0. The van der Waals surface area contributed by atoms with Gasteiger partial charge in [-0.3, -0.25) is 5.10 Å². The number of hydrogen-bond acceptors (Lipinski definition) is 3. The van der Waals surface area contributed by atoms with Crippen molar-refractivity contribution in [2.24, 2.45) is 11.7 Å². The van der Waals surface area contributed by atoms with Crippen LogP contribution in [0.15, 0.2) is 18.3 Å².